The second-order valence-corrected chi connectivity index (χ2v) is 6.56. The Kier molecular flexibility index (Phi) is 5.48. The van der Waals surface area contributed by atoms with E-state index in [9.17, 15) is 10.2 Å². The van der Waals surface area contributed by atoms with Crippen LogP contribution >= 0.6 is 0 Å². The Morgan fingerprint density at radius 2 is 2.04 bits per heavy atom. The molecular weight excluding hydrogens is 324 g/mol. The monoisotopic (exact) mass is 350 g/mol. The lowest BCUT2D eigenvalue weighted by molar-refractivity contribution is -0.120. The van der Waals surface area contributed by atoms with Crippen molar-refractivity contribution in [1.29, 1.82) is 0 Å². The number of aliphatic hydroxyl groups excluding tert-OH is 2. The highest BCUT2D eigenvalue weighted by atomic mass is 16.6. The van der Waals surface area contributed by atoms with Crippen LogP contribution in [0.3, 0.4) is 0 Å². The van der Waals surface area contributed by atoms with Gasteiger partial charge in [0.05, 0.1) is 19.0 Å². The molecule has 6 N–H and O–H groups in total. The van der Waals surface area contributed by atoms with Crippen LogP contribution in [-0.4, -0.2) is 55.1 Å². The number of rotatable bonds is 8. The van der Waals surface area contributed by atoms with Crippen molar-refractivity contribution >= 4 is 17.0 Å². The number of hydrogen-bond donors (Lipinski definition) is 4. The van der Waals surface area contributed by atoms with E-state index >= 15 is 0 Å². The van der Waals surface area contributed by atoms with Gasteiger partial charge in [0.25, 0.3) is 0 Å². The van der Waals surface area contributed by atoms with E-state index in [0.717, 1.165) is 25.7 Å². The number of aromatic nitrogens is 4. The molecule has 25 heavy (non-hydrogen) atoms. The fourth-order valence-corrected chi connectivity index (χ4v) is 3.51. The van der Waals surface area contributed by atoms with Crippen molar-refractivity contribution in [3.63, 3.8) is 0 Å². The highest BCUT2D eigenvalue weighted by Crippen LogP contribution is 2.41. The first-order valence-electron chi connectivity index (χ1n) is 8.72. The molecule has 0 aliphatic carbocycles. The molecule has 0 aromatic carbocycles. The third kappa shape index (κ3) is 3.45. The standard InChI is InChI=1S/C16H26N6O3/c17-6-4-2-1-3-5-16(7-11(24)12(8-23)25-16)22-10-21-13-14(18)19-9-20-15(13)22/h9-12,23-24H,1-8,17H2,(H2,18,19,20)/t11-,12+,16+/m0/s1. The molecule has 0 amide bonds. The summed E-state index contributed by atoms with van der Waals surface area (Å²) < 4.78 is 7.93. The van der Waals surface area contributed by atoms with Crippen molar-refractivity contribution in [2.75, 3.05) is 18.9 Å². The van der Waals surface area contributed by atoms with Crippen LogP contribution in [0.25, 0.3) is 11.2 Å². The van der Waals surface area contributed by atoms with Gasteiger partial charge in [-0.25, -0.2) is 15.0 Å². The van der Waals surface area contributed by atoms with Crippen molar-refractivity contribution in [1.82, 2.24) is 19.5 Å². The van der Waals surface area contributed by atoms with E-state index in [2.05, 4.69) is 15.0 Å². The first-order chi connectivity index (χ1) is 12.1. The Morgan fingerprint density at radius 3 is 2.76 bits per heavy atom. The summed E-state index contributed by atoms with van der Waals surface area (Å²) in [6, 6.07) is 0. The predicted octanol–water partition coefficient (Wildman–Crippen LogP) is 0.113. The van der Waals surface area contributed by atoms with Gasteiger partial charge in [0.2, 0.25) is 0 Å². The summed E-state index contributed by atoms with van der Waals surface area (Å²) >= 11 is 0. The Balaban J connectivity index is 1.89. The molecule has 0 spiro atoms. The molecule has 0 unspecified atom stereocenters. The van der Waals surface area contributed by atoms with E-state index in [1.807, 2.05) is 4.57 Å². The molecule has 0 bridgehead atoms. The molecule has 2 aromatic heterocycles. The van der Waals surface area contributed by atoms with Gasteiger partial charge in [-0.05, 0) is 25.8 Å². The Morgan fingerprint density at radius 1 is 1.24 bits per heavy atom. The fourth-order valence-electron chi connectivity index (χ4n) is 3.51. The van der Waals surface area contributed by atoms with E-state index < -0.39 is 17.9 Å². The van der Waals surface area contributed by atoms with Crippen molar-refractivity contribution in [2.24, 2.45) is 5.73 Å². The van der Waals surface area contributed by atoms with Crippen LogP contribution in [0, 0.1) is 0 Å². The fraction of sp³-hybridized carbons (Fsp3) is 0.688. The van der Waals surface area contributed by atoms with Crippen LogP contribution in [0.15, 0.2) is 12.7 Å². The van der Waals surface area contributed by atoms with Gasteiger partial charge in [0.1, 0.15) is 17.9 Å². The van der Waals surface area contributed by atoms with E-state index in [-0.39, 0.29) is 6.61 Å². The maximum atomic E-state index is 10.3. The minimum atomic E-state index is -0.801. The summed E-state index contributed by atoms with van der Waals surface area (Å²) in [4.78, 5) is 12.6. The minimum absolute atomic E-state index is 0.236. The van der Waals surface area contributed by atoms with Crippen molar-refractivity contribution in [3.8, 4) is 0 Å². The number of fused-ring (bicyclic) bond motifs is 1. The number of ether oxygens (including phenoxy) is 1. The molecule has 2 aromatic rings. The maximum Gasteiger partial charge on any atom is 0.167 e. The molecule has 9 nitrogen and oxygen atoms in total. The van der Waals surface area contributed by atoms with Gasteiger partial charge >= 0.3 is 0 Å². The van der Waals surface area contributed by atoms with E-state index in [0.29, 0.717) is 36.4 Å². The first-order valence-corrected chi connectivity index (χ1v) is 8.72. The molecular formula is C16H26N6O3. The van der Waals surface area contributed by atoms with Crippen molar-refractivity contribution < 1.29 is 14.9 Å². The molecule has 138 valence electrons. The summed E-state index contributed by atoms with van der Waals surface area (Å²) in [6.07, 6.45) is 6.67. The van der Waals surface area contributed by atoms with Crippen LogP contribution in [0.4, 0.5) is 5.82 Å². The minimum Gasteiger partial charge on any atom is -0.394 e. The predicted molar refractivity (Wildman–Crippen MR) is 92.4 cm³/mol. The highest BCUT2D eigenvalue weighted by molar-refractivity contribution is 5.81. The third-order valence-corrected chi connectivity index (χ3v) is 4.83. The van der Waals surface area contributed by atoms with Gasteiger partial charge in [0.15, 0.2) is 17.2 Å². The zero-order valence-electron chi connectivity index (χ0n) is 14.2. The van der Waals surface area contributed by atoms with Crippen molar-refractivity contribution in [3.05, 3.63) is 12.7 Å². The molecule has 1 fully saturated rings. The van der Waals surface area contributed by atoms with Gasteiger partial charge in [-0.1, -0.05) is 12.8 Å². The molecule has 0 radical (unpaired) electrons. The number of anilines is 1. The molecule has 1 aliphatic rings. The zero-order valence-corrected chi connectivity index (χ0v) is 14.2. The quantitative estimate of drug-likeness (QED) is 0.491. The van der Waals surface area contributed by atoms with Crippen LogP contribution in [-0.2, 0) is 10.5 Å². The maximum absolute atomic E-state index is 10.3. The lowest BCUT2D eigenvalue weighted by Crippen LogP contribution is -2.34. The topological polar surface area (TPSA) is 145 Å². The van der Waals surface area contributed by atoms with Crippen LogP contribution in [0.1, 0.15) is 38.5 Å². The summed E-state index contributed by atoms with van der Waals surface area (Å²) in [5.41, 5.74) is 11.7. The largest absolute Gasteiger partial charge is 0.394 e. The van der Waals surface area contributed by atoms with Gasteiger partial charge in [-0.15, -0.1) is 0 Å². The summed E-state index contributed by atoms with van der Waals surface area (Å²) in [7, 11) is 0. The zero-order chi connectivity index (χ0) is 17.9. The van der Waals surface area contributed by atoms with Crippen LogP contribution in [0.2, 0.25) is 0 Å². The third-order valence-electron chi connectivity index (χ3n) is 4.83. The smallest absolute Gasteiger partial charge is 0.167 e. The van der Waals surface area contributed by atoms with Gasteiger partial charge < -0.3 is 26.4 Å². The number of nitrogens with two attached hydrogens (primary N) is 2. The number of nitrogen functional groups attached to an aromatic ring is 1. The second-order valence-electron chi connectivity index (χ2n) is 6.56. The molecule has 0 saturated carbocycles. The SMILES string of the molecule is NCCCCCC[C@]1(n2cnc3c(N)ncnc32)C[C@H](O)[C@@H](CO)O1. The summed E-state index contributed by atoms with van der Waals surface area (Å²) in [5.74, 6) is 0.305. The molecule has 3 atom stereocenters. The average molecular weight is 350 g/mol. The molecule has 1 aliphatic heterocycles. The lowest BCUT2D eigenvalue weighted by atomic mass is 9.98. The Labute approximate surface area is 146 Å². The van der Waals surface area contributed by atoms with Crippen molar-refractivity contribution in [2.45, 2.75) is 56.5 Å². The average Bonchev–Trinajstić information content (AvgIpc) is 3.17. The highest BCUT2D eigenvalue weighted by Gasteiger charge is 2.47. The van der Waals surface area contributed by atoms with Crippen LogP contribution < -0.4 is 11.5 Å². The Bertz CT molecular complexity index is 708. The number of unbranched alkanes of at least 4 members (excludes halogenated alkanes) is 3. The number of hydrogen-bond acceptors (Lipinski definition) is 8. The normalized spacial score (nSPS) is 26.5. The van der Waals surface area contributed by atoms with Crippen LogP contribution in [0.5, 0.6) is 0 Å². The van der Waals surface area contributed by atoms with E-state index in [1.165, 1.54) is 6.33 Å². The van der Waals surface area contributed by atoms with Gasteiger partial charge in [-0.2, -0.15) is 0 Å². The lowest BCUT2D eigenvalue weighted by Gasteiger charge is -2.31. The van der Waals surface area contributed by atoms with Gasteiger partial charge in [-0.3, -0.25) is 4.57 Å². The number of nitrogens with zero attached hydrogens (tertiary/aromatic N) is 4. The molecule has 3 heterocycles. The first kappa shape index (κ1) is 18.0. The Hall–Kier alpha value is -1.81. The molecule has 1 saturated heterocycles. The van der Waals surface area contributed by atoms with Gasteiger partial charge in [0, 0.05) is 6.42 Å². The van der Waals surface area contributed by atoms with E-state index in [1.54, 1.807) is 6.33 Å². The van der Waals surface area contributed by atoms with E-state index in [4.69, 9.17) is 16.2 Å². The number of aliphatic hydroxyl groups is 2. The summed E-state index contributed by atoms with van der Waals surface area (Å²) in [5, 5.41) is 19.8. The number of imidazole rings is 1. The molecule has 9 heteroatoms. The second kappa shape index (κ2) is 7.61. The molecule has 3 rings (SSSR count). The summed E-state index contributed by atoms with van der Waals surface area (Å²) in [6.45, 7) is 0.454.